The number of benzene rings is 1. The molecule has 0 fully saturated rings. The van der Waals surface area contributed by atoms with Crippen molar-refractivity contribution >= 4 is 6.29 Å². The summed E-state index contributed by atoms with van der Waals surface area (Å²) in [5.74, 6) is 0.776. The Morgan fingerprint density at radius 1 is 1.41 bits per heavy atom. The fraction of sp³-hybridized carbons (Fsp3) is 0.364. The van der Waals surface area contributed by atoms with Crippen molar-refractivity contribution in [1.29, 1.82) is 0 Å². The van der Waals surface area contributed by atoms with Crippen LogP contribution in [0.15, 0.2) is 18.2 Å². The van der Waals surface area contributed by atoms with Crippen molar-refractivity contribution in [3.05, 3.63) is 33.9 Å². The van der Waals surface area contributed by atoms with Crippen molar-refractivity contribution in [2.24, 2.45) is 0 Å². The maximum atomic E-state index is 10.5. The molecule has 1 aliphatic rings. The molecule has 0 radical (unpaired) electrons. The lowest BCUT2D eigenvalue weighted by Gasteiger charge is -2.10. The van der Waals surface area contributed by atoms with Crippen molar-refractivity contribution < 1.29 is 19.2 Å². The van der Waals surface area contributed by atoms with Gasteiger partial charge in [-0.15, -0.1) is 0 Å². The lowest BCUT2D eigenvalue weighted by atomic mass is 9.96. The number of carbonyl (C=O) groups is 1. The van der Waals surface area contributed by atoms with Crippen LogP contribution in [0.4, 0.5) is 0 Å². The van der Waals surface area contributed by atoms with Crippen LogP contribution in [-0.2, 0) is 4.79 Å². The minimum Gasteiger partial charge on any atom is -0.454 e. The fourth-order valence-electron chi connectivity index (χ4n) is 1.78. The van der Waals surface area contributed by atoms with E-state index in [-0.39, 0.29) is 19.8 Å². The Kier molecular flexibility index (Phi) is 3.22. The highest BCUT2D eigenvalue weighted by molar-refractivity contribution is 5.53. The summed E-state index contributed by atoms with van der Waals surface area (Å²) in [6.45, 7) is -0.106. The SMILES string of the molecule is O=CC[C@H](C[N+](=O)[O-])c1ccc2c(c1)OCO2. The van der Waals surface area contributed by atoms with E-state index in [2.05, 4.69) is 0 Å². The lowest BCUT2D eigenvalue weighted by molar-refractivity contribution is -0.483. The topological polar surface area (TPSA) is 78.7 Å². The molecule has 0 saturated carbocycles. The summed E-state index contributed by atoms with van der Waals surface area (Å²) >= 11 is 0. The second kappa shape index (κ2) is 4.82. The van der Waals surface area contributed by atoms with Gasteiger partial charge < -0.3 is 14.3 Å². The van der Waals surface area contributed by atoms with Crippen LogP contribution in [-0.4, -0.2) is 24.5 Å². The molecule has 0 amide bonds. The van der Waals surface area contributed by atoms with Crippen molar-refractivity contribution in [3.8, 4) is 11.5 Å². The third-order valence-corrected chi connectivity index (χ3v) is 2.62. The average molecular weight is 237 g/mol. The van der Waals surface area contributed by atoms with E-state index in [0.717, 1.165) is 5.56 Å². The van der Waals surface area contributed by atoms with E-state index in [1.54, 1.807) is 18.2 Å². The predicted octanol–water partition coefficient (Wildman–Crippen LogP) is 1.36. The Balaban J connectivity index is 2.23. The number of carbonyl (C=O) groups excluding carboxylic acids is 1. The molecule has 0 aromatic heterocycles. The molecule has 90 valence electrons. The van der Waals surface area contributed by atoms with Gasteiger partial charge in [-0.1, -0.05) is 6.07 Å². The van der Waals surface area contributed by atoms with Gasteiger partial charge in [0.2, 0.25) is 13.3 Å². The third-order valence-electron chi connectivity index (χ3n) is 2.62. The van der Waals surface area contributed by atoms with Gasteiger partial charge in [-0.3, -0.25) is 10.1 Å². The standard InChI is InChI=1S/C11H11NO5/c13-4-3-9(6-12(14)15)8-1-2-10-11(5-8)17-7-16-10/h1-2,4-5,9H,3,6-7H2/t9-/m1/s1. The van der Waals surface area contributed by atoms with Gasteiger partial charge >= 0.3 is 0 Å². The van der Waals surface area contributed by atoms with Crippen molar-refractivity contribution in [1.82, 2.24) is 0 Å². The number of fused-ring (bicyclic) bond motifs is 1. The Hall–Kier alpha value is -2.11. The van der Waals surface area contributed by atoms with Crippen molar-refractivity contribution in [3.63, 3.8) is 0 Å². The largest absolute Gasteiger partial charge is 0.454 e. The van der Waals surface area contributed by atoms with E-state index < -0.39 is 10.8 Å². The highest BCUT2D eigenvalue weighted by Crippen LogP contribution is 2.35. The molecule has 0 bridgehead atoms. The molecule has 6 nitrogen and oxygen atoms in total. The quantitative estimate of drug-likeness (QED) is 0.439. The van der Waals surface area contributed by atoms with Gasteiger partial charge in [0.25, 0.3) is 0 Å². The molecule has 0 spiro atoms. The number of ether oxygens (including phenoxy) is 2. The van der Waals surface area contributed by atoms with E-state index in [4.69, 9.17) is 9.47 Å². The molecule has 1 aliphatic heterocycles. The second-order valence-electron chi connectivity index (χ2n) is 3.73. The maximum Gasteiger partial charge on any atom is 0.231 e. The molecule has 1 aromatic carbocycles. The first kappa shape index (κ1) is 11.4. The Labute approximate surface area is 97.3 Å². The first-order valence-electron chi connectivity index (χ1n) is 5.15. The Morgan fingerprint density at radius 3 is 2.88 bits per heavy atom. The van der Waals surface area contributed by atoms with Crippen LogP contribution in [0.2, 0.25) is 0 Å². The zero-order valence-electron chi connectivity index (χ0n) is 9.00. The van der Waals surface area contributed by atoms with Gasteiger partial charge in [-0.25, -0.2) is 0 Å². The molecule has 0 unspecified atom stereocenters. The Bertz CT molecular complexity index is 445. The predicted molar refractivity (Wildman–Crippen MR) is 57.8 cm³/mol. The highest BCUT2D eigenvalue weighted by atomic mass is 16.7. The minimum absolute atomic E-state index is 0.126. The van der Waals surface area contributed by atoms with Crippen molar-refractivity contribution in [2.45, 2.75) is 12.3 Å². The number of nitrogens with zero attached hydrogens (tertiary/aromatic N) is 1. The summed E-state index contributed by atoms with van der Waals surface area (Å²) in [7, 11) is 0. The van der Waals surface area contributed by atoms with Gasteiger partial charge in [-0.2, -0.15) is 0 Å². The van der Waals surface area contributed by atoms with E-state index in [1.807, 2.05) is 0 Å². The number of nitro groups is 1. The van der Waals surface area contributed by atoms with E-state index in [9.17, 15) is 14.9 Å². The van der Waals surface area contributed by atoms with Crippen LogP contribution in [0.25, 0.3) is 0 Å². The number of aldehydes is 1. The minimum atomic E-state index is -0.419. The summed E-state index contributed by atoms with van der Waals surface area (Å²) in [4.78, 5) is 20.6. The normalized spacial score (nSPS) is 14.4. The van der Waals surface area contributed by atoms with Crippen molar-refractivity contribution in [2.75, 3.05) is 13.3 Å². The van der Waals surface area contributed by atoms with E-state index in [0.29, 0.717) is 17.8 Å². The third kappa shape index (κ3) is 2.52. The first-order chi connectivity index (χ1) is 8.20. The summed E-state index contributed by atoms with van der Waals surface area (Å²) < 4.78 is 10.3. The van der Waals surface area contributed by atoms with E-state index in [1.165, 1.54) is 0 Å². The van der Waals surface area contributed by atoms with Gasteiger partial charge in [0, 0.05) is 11.3 Å². The summed E-state index contributed by atoms with van der Waals surface area (Å²) in [5, 5.41) is 10.5. The number of hydrogen-bond acceptors (Lipinski definition) is 5. The molecule has 1 heterocycles. The number of hydrogen-bond donors (Lipinski definition) is 0. The summed E-state index contributed by atoms with van der Waals surface area (Å²) in [6, 6.07) is 5.13. The van der Waals surface area contributed by atoms with E-state index >= 15 is 0 Å². The molecule has 0 N–H and O–H groups in total. The zero-order valence-corrected chi connectivity index (χ0v) is 9.00. The molecular formula is C11H11NO5. The molecule has 0 saturated heterocycles. The maximum absolute atomic E-state index is 10.5. The average Bonchev–Trinajstić information content (AvgIpc) is 2.74. The first-order valence-corrected chi connectivity index (χ1v) is 5.15. The molecule has 1 atom stereocenters. The van der Waals surface area contributed by atoms with Gasteiger partial charge in [0.05, 0.1) is 5.92 Å². The molecular weight excluding hydrogens is 226 g/mol. The fourth-order valence-corrected chi connectivity index (χ4v) is 1.78. The second-order valence-corrected chi connectivity index (χ2v) is 3.73. The summed E-state index contributed by atoms with van der Waals surface area (Å²) in [5.41, 5.74) is 0.720. The smallest absolute Gasteiger partial charge is 0.231 e. The van der Waals surface area contributed by atoms with Gasteiger partial charge in [0.15, 0.2) is 11.5 Å². The Morgan fingerprint density at radius 2 is 2.18 bits per heavy atom. The van der Waals surface area contributed by atoms with Crippen LogP contribution in [0.3, 0.4) is 0 Å². The van der Waals surface area contributed by atoms with Crippen LogP contribution in [0, 0.1) is 10.1 Å². The molecule has 6 heteroatoms. The van der Waals surface area contributed by atoms with Crippen LogP contribution < -0.4 is 9.47 Å². The zero-order chi connectivity index (χ0) is 12.3. The number of rotatable bonds is 5. The summed E-state index contributed by atoms with van der Waals surface area (Å²) in [6.07, 6.45) is 0.819. The molecule has 0 aliphatic carbocycles. The monoisotopic (exact) mass is 237 g/mol. The highest BCUT2D eigenvalue weighted by Gasteiger charge is 2.21. The van der Waals surface area contributed by atoms with Gasteiger partial charge in [0.1, 0.15) is 6.29 Å². The molecule has 17 heavy (non-hydrogen) atoms. The molecule has 1 aromatic rings. The lowest BCUT2D eigenvalue weighted by Crippen LogP contribution is -2.13. The van der Waals surface area contributed by atoms with Crippen LogP contribution in [0.1, 0.15) is 17.9 Å². The van der Waals surface area contributed by atoms with Gasteiger partial charge in [-0.05, 0) is 17.7 Å². The van der Waals surface area contributed by atoms with Crippen LogP contribution >= 0.6 is 0 Å². The molecule has 2 rings (SSSR count). The van der Waals surface area contributed by atoms with Crippen LogP contribution in [0.5, 0.6) is 11.5 Å².